The van der Waals surface area contributed by atoms with Gasteiger partial charge in [-0.05, 0) is 6.92 Å². The van der Waals surface area contributed by atoms with E-state index in [2.05, 4.69) is 15.3 Å². The molecule has 1 heterocycles. The number of nitrogens with two attached hydrogens (primary N) is 1. The van der Waals surface area contributed by atoms with Crippen LogP contribution in [0.3, 0.4) is 0 Å². The average molecular weight is 138 g/mol. The molecule has 0 unspecified atom stereocenters. The lowest BCUT2D eigenvalue weighted by atomic mass is 10.5. The zero-order chi connectivity index (χ0) is 7.40. The first-order valence-electron chi connectivity index (χ1n) is 3.15. The smallest absolute Gasteiger partial charge is 0.168 e. The molecule has 0 aliphatic heterocycles. The van der Waals surface area contributed by atoms with E-state index in [4.69, 9.17) is 5.73 Å². The van der Waals surface area contributed by atoms with E-state index in [9.17, 15) is 0 Å². The summed E-state index contributed by atoms with van der Waals surface area (Å²) >= 11 is 0. The molecular weight excluding hydrogens is 128 g/mol. The van der Waals surface area contributed by atoms with Gasteiger partial charge in [0.1, 0.15) is 0 Å². The number of nitrogen functional groups attached to an aromatic ring is 1. The van der Waals surface area contributed by atoms with E-state index in [0.717, 1.165) is 6.54 Å². The molecule has 1 aromatic rings. The summed E-state index contributed by atoms with van der Waals surface area (Å²) in [6.07, 6.45) is 3.17. The first-order chi connectivity index (χ1) is 4.84. The molecule has 0 saturated carbocycles. The molecule has 0 spiro atoms. The van der Waals surface area contributed by atoms with E-state index >= 15 is 0 Å². The summed E-state index contributed by atoms with van der Waals surface area (Å²) in [6.45, 7) is 2.79. The third-order valence-electron chi connectivity index (χ3n) is 1.07. The first kappa shape index (κ1) is 6.80. The predicted molar refractivity (Wildman–Crippen MR) is 40.6 cm³/mol. The molecule has 0 amide bonds. The minimum Gasteiger partial charge on any atom is -0.381 e. The van der Waals surface area contributed by atoms with Gasteiger partial charge in [0.05, 0.1) is 0 Å². The van der Waals surface area contributed by atoms with Crippen molar-refractivity contribution in [3.05, 3.63) is 12.4 Å². The second-order valence-electron chi connectivity index (χ2n) is 1.82. The Morgan fingerprint density at radius 1 is 1.50 bits per heavy atom. The second kappa shape index (κ2) is 3.00. The molecule has 0 atom stereocenters. The normalized spacial score (nSPS) is 9.30. The van der Waals surface area contributed by atoms with Crippen LogP contribution in [0.4, 0.5) is 11.6 Å². The lowest BCUT2D eigenvalue weighted by molar-refractivity contribution is 1.13. The van der Waals surface area contributed by atoms with Gasteiger partial charge in [-0.25, -0.2) is 9.97 Å². The zero-order valence-electron chi connectivity index (χ0n) is 5.83. The Morgan fingerprint density at radius 3 is 2.80 bits per heavy atom. The fourth-order valence-electron chi connectivity index (χ4n) is 0.652. The van der Waals surface area contributed by atoms with Crippen molar-refractivity contribution in [2.45, 2.75) is 6.92 Å². The molecule has 1 aromatic heterocycles. The van der Waals surface area contributed by atoms with Crippen LogP contribution in [0.2, 0.25) is 0 Å². The molecule has 4 nitrogen and oxygen atoms in total. The largest absolute Gasteiger partial charge is 0.381 e. The predicted octanol–water partition coefficient (Wildman–Crippen LogP) is 0.491. The van der Waals surface area contributed by atoms with Gasteiger partial charge in [0.15, 0.2) is 11.6 Å². The standard InChI is InChI=1S/C6H10N4/c1-2-8-6-5(7)9-3-4-10-6/h3-4H,2H2,1H3,(H2,7,9)(H,8,10). The summed E-state index contributed by atoms with van der Waals surface area (Å²) in [4.78, 5) is 7.82. The number of aromatic nitrogens is 2. The van der Waals surface area contributed by atoms with Crippen molar-refractivity contribution in [1.82, 2.24) is 9.97 Å². The van der Waals surface area contributed by atoms with E-state index < -0.39 is 0 Å². The fraction of sp³-hybridized carbons (Fsp3) is 0.333. The molecule has 0 bridgehead atoms. The van der Waals surface area contributed by atoms with Gasteiger partial charge in [-0.15, -0.1) is 0 Å². The van der Waals surface area contributed by atoms with E-state index in [0.29, 0.717) is 11.6 Å². The molecule has 4 heteroatoms. The summed E-state index contributed by atoms with van der Waals surface area (Å²) in [5, 5.41) is 2.98. The van der Waals surface area contributed by atoms with Crippen molar-refractivity contribution in [1.29, 1.82) is 0 Å². The Balaban J connectivity index is 2.81. The van der Waals surface area contributed by atoms with Crippen LogP contribution in [-0.2, 0) is 0 Å². The van der Waals surface area contributed by atoms with Crippen molar-refractivity contribution in [2.75, 3.05) is 17.6 Å². The van der Waals surface area contributed by atoms with Crippen LogP contribution in [0.1, 0.15) is 6.92 Å². The van der Waals surface area contributed by atoms with Crippen LogP contribution in [0, 0.1) is 0 Å². The number of nitrogens with one attached hydrogen (secondary N) is 1. The quantitative estimate of drug-likeness (QED) is 0.624. The molecule has 0 saturated heterocycles. The second-order valence-corrected chi connectivity index (χ2v) is 1.82. The van der Waals surface area contributed by atoms with Gasteiger partial charge in [0.25, 0.3) is 0 Å². The van der Waals surface area contributed by atoms with E-state index in [1.807, 2.05) is 6.92 Å². The van der Waals surface area contributed by atoms with Crippen molar-refractivity contribution in [3.8, 4) is 0 Å². The SMILES string of the molecule is CCNc1nccnc1N. The van der Waals surface area contributed by atoms with Crippen LogP contribution in [0.5, 0.6) is 0 Å². The summed E-state index contributed by atoms with van der Waals surface area (Å²) in [6, 6.07) is 0. The van der Waals surface area contributed by atoms with Crippen molar-refractivity contribution in [2.24, 2.45) is 0 Å². The Labute approximate surface area is 59.5 Å². The minimum absolute atomic E-state index is 0.448. The van der Waals surface area contributed by atoms with Crippen LogP contribution < -0.4 is 11.1 Å². The van der Waals surface area contributed by atoms with Crippen LogP contribution >= 0.6 is 0 Å². The van der Waals surface area contributed by atoms with Crippen LogP contribution in [-0.4, -0.2) is 16.5 Å². The van der Waals surface area contributed by atoms with Crippen molar-refractivity contribution in [3.63, 3.8) is 0 Å². The Bertz CT molecular complexity index is 211. The third-order valence-corrected chi connectivity index (χ3v) is 1.07. The lowest BCUT2D eigenvalue weighted by Gasteiger charge is -2.01. The lowest BCUT2D eigenvalue weighted by Crippen LogP contribution is -2.04. The Morgan fingerprint density at radius 2 is 2.20 bits per heavy atom. The molecular formula is C6H10N4. The molecule has 0 radical (unpaired) electrons. The Kier molecular flexibility index (Phi) is 2.04. The van der Waals surface area contributed by atoms with Gasteiger partial charge >= 0.3 is 0 Å². The molecule has 1 rings (SSSR count). The average Bonchev–Trinajstić information content (AvgIpc) is 1.94. The fourth-order valence-corrected chi connectivity index (χ4v) is 0.652. The highest BCUT2D eigenvalue weighted by atomic mass is 15.0. The summed E-state index contributed by atoms with van der Waals surface area (Å²) in [7, 11) is 0. The van der Waals surface area contributed by atoms with Crippen molar-refractivity contribution >= 4 is 11.6 Å². The van der Waals surface area contributed by atoms with Gasteiger partial charge in [0.2, 0.25) is 0 Å². The third kappa shape index (κ3) is 1.34. The monoisotopic (exact) mass is 138 g/mol. The van der Waals surface area contributed by atoms with E-state index in [1.54, 1.807) is 12.4 Å². The molecule has 0 aliphatic carbocycles. The molecule has 0 aliphatic rings. The molecule has 54 valence electrons. The molecule has 3 N–H and O–H groups in total. The van der Waals surface area contributed by atoms with Gasteiger partial charge in [0, 0.05) is 18.9 Å². The summed E-state index contributed by atoms with van der Waals surface area (Å²) in [5.41, 5.74) is 5.47. The maximum absolute atomic E-state index is 5.47. The van der Waals surface area contributed by atoms with Crippen LogP contribution in [0.15, 0.2) is 12.4 Å². The molecule has 0 aromatic carbocycles. The summed E-state index contributed by atoms with van der Waals surface area (Å²) < 4.78 is 0. The van der Waals surface area contributed by atoms with E-state index in [1.165, 1.54) is 0 Å². The summed E-state index contributed by atoms with van der Waals surface area (Å²) in [5.74, 6) is 1.11. The highest BCUT2D eigenvalue weighted by Gasteiger charge is 1.95. The van der Waals surface area contributed by atoms with E-state index in [-0.39, 0.29) is 0 Å². The first-order valence-corrected chi connectivity index (χ1v) is 3.15. The highest BCUT2D eigenvalue weighted by Crippen LogP contribution is 2.07. The highest BCUT2D eigenvalue weighted by molar-refractivity contribution is 5.54. The van der Waals surface area contributed by atoms with Gasteiger partial charge < -0.3 is 11.1 Å². The molecule has 0 fully saturated rings. The number of nitrogens with zero attached hydrogens (tertiary/aromatic N) is 2. The van der Waals surface area contributed by atoms with Gasteiger partial charge in [-0.1, -0.05) is 0 Å². The zero-order valence-corrected chi connectivity index (χ0v) is 5.83. The van der Waals surface area contributed by atoms with Crippen LogP contribution in [0.25, 0.3) is 0 Å². The number of rotatable bonds is 2. The number of hydrogen-bond donors (Lipinski definition) is 2. The number of hydrogen-bond acceptors (Lipinski definition) is 4. The minimum atomic E-state index is 0.448. The molecule has 10 heavy (non-hydrogen) atoms. The van der Waals surface area contributed by atoms with Gasteiger partial charge in [-0.2, -0.15) is 0 Å². The Hall–Kier alpha value is -1.32. The van der Waals surface area contributed by atoms with Gasteiger partial charge in [-0.3, -0.25) is 0 Å². The van der Waals surface area contributed by atoms with Crippen molar-refractivity contribution < 1.29 is 0 Å². The topological polar surface area (TPSA) is 63.8 Å². The number of anilines is 2. The maximum atomic E-state index is 5.47. The maximum Gasteiger partial charge on any atom is 0.168 e.